The first-order chi connectivity index (χ1) is 4.66. The maximum Gasteiger partial charge on any atom is 0.101 e. The second-order valence-corrected chi connectivity index (χ2v) is 2.08. The molecule has 0 aromatic rings. The Bertz CT molecular complexity index is 143. The standard InChI is InChI=1S/C6H11ClN2O/c1-3-6(7)8-4-5-9(2)10/h3-5,8,10H,1-2H3/b5-4-,6-3-. The highest BCUT2D eigenvalue weighted by molar-refractivity contribution is 6.29. The average Bonchev–Trinajstić information content (AvgIpc) is 1.87. The third kappa shape index (κ3) is 5.47. The van der Waals surface area contributed by atoms with E-state index in [-0.39, 0.29) is 0 Å². The molecule has 0 fully saturated rings. The number of nitrogens with one attached hydrogen (secondary N) is 1. The summed E-state index contributed by atoms with van der Waals surface area (Å²) in [6.45, 7) is 1.81. The highest BCUT2D eigenvalue weighted by Gasteiger charge is 1.81. The molecule has 3 nitrogen and oxygen atoms in total. The molecule has 0 saturated heterocycles. The number of rotatable bonds is 3. The monoisotopic (exact) mass is 162 g/mol. The summed E-state index contributed by atoms with van der Waals surface area (Å²) in [5.41, 5.74) is 0. The lowest BCUT2D eigenvalue weighted by atomic mass is 10.7. The Hall–Kier alpha value is -0.670. The van der Waals surface area contributed by atoms with E-state index in [4.69, 9.17) is 16.8 Å². The van der Waals surface area contributed by atoms with Gasteiger partial charge in [0.15, 0.2) is 0 Å². The van der Waals surface area contributed by atoms with Gasteiger partial charge in [-0.25, -0.2) is 0 Å². The van der Waals surface area contributed by atoms with Gasteiger partial charge in [0.25, 0.3) is 0 Å². The van der Waals surface area contributed by atoms with Crippen molar-refractivity contribution in [3.63, 3.8) is 0 Å². The van der Waals surface area contributed by atoms with Crippen LogP contribution in [0.15, 0.2) is 23.6 Å². The summed E-state index contributed by atoms with van der Waals surface area (Å²) >= 11 is 5.55. The van der Waals surface area contributed by atoms with E-state index in [1.807, 2.05) is 6.92 Å². The Morgan fingerprint density at radius 2 is 2.30 bits per heavy atom. The average molecular weight is 163 g/mol. The van der Waals surface area contributed by atoms with E-state index in [9.17, 15) is 0 Å². The van der Waals surface area contributed by atoms with Crippen LogP contribution < -0.4 is 5.32 Å². The summed E-state index contributed by atoms with van der Waals surface area (Å²) in [5, 5.41) is 12.7. The molecule has 0 rings (SSSR count). The van der Waals surface area contributed by atoms with Gasteiger partial charge >= 0.3 is 0 Å². The van der Waals surface area contributed by atoms with Crippen LogP contribution in [0.4, 0.5) is 0 Å². The van der Waals surface area contributed by atoms with E-state index in [0.717, 1.165) is 5.06 Å². The molecule has 2 N–H and O–H groups in total. The summed E-state index contributed by atoms with van der Waals surface area (Å²) in [5.74, 6) is 0. The zero-order chi connectivity index (χ0) is 7.98. The van der Waals surface area contributed by atoms with Gasteiger partial charge in [-0.15, -0.1) is 0 Å². The molecule has 0 amide bonds. The van der Waals surface area contributed by atoms with Crippen LogP contribution in [0.5, 0.6) is 0 Å². The molecule has 0 heterocycles. The first-order valence-corrected chi connectivity index (χ1v) is 3.21. The van der Waals surface area contributed by atoms with E-state index in [1.54, 1.807) is 6.08 Å². The minimum atomic E-state index is 0.526. The molecular weight excluding hydrogens is 152 g/mol. The molecule has 0 saturated carbocycles. The largest absolute Gasteiger partial charge is 0.351 e. The molecule has 10 heavy (non-hydrogen) atoms. The molecule has 0 aromatic carbocycles. The molecule has 0 aliphatic rings. The summed E-state index contributed by atoms with van der Waals surface area (Å²) < 4.78 is 0. The van der Waals surface area contributed by atoms with Crippen molar-refractivity contribution in [3.05, 3.63) is 23.6 Å². The van der Waals surface area contributed by atoms with E-state index in [2.05, 4.69) is 5.32 Å². The predicted molar refractivity (Wildman–Crippen MR) is 41.4 cm³/mol. The van der Waals surface area contributed by atoms with Crippen molar-refractivity contribution in [3.8, 4) is 0 Å². The Labute approximate surface area is 65.5 Å². The number of hydrogen-bond acceptors (Lipinski definition) is 3. The molecule has 0 atom stereocenters. The zero-order valence-corrected chi connectivity index (χ0v) is 6.76. The lowest BCUT2D eigenvalue weighted by molar-refractivity contribution is -0.0132. The number of hydroxylamine groups is 2. The van der Waals surface area contributed by atoms with Gasteiger partial charge in [-0.3, -0.25) is 10.3 Å². The van der Waals surface area contributed by atoms with Gasteiger partial charge in [-0.05, 0) is 6.92 Å². The number of hydrogen-bond donors (Lipinski definition) is 2. The first-order valence-electron chi connectivity index (χ1n) is 2.83. The molecule has 0 aliphatic heterocycles. The van der Waals surface area contributed by atoms with E-state index in [0.29, 0.717) is 5.16 Å². The van der Waals surface area contributed by atoms with E-state index < -0.39 is 0 Å². The van der Waals surface area contributed by atoms with Crippen molar-refractivity contribution in [1.82, 2.24) is 10.4 Å². The Morgan fingerprint density at radius 1 is 1.70 bits per heavy atom. The van der Waals surface area contributed by atoms with Crippen LogP contribution in [0, 0.1) is 0 Å². The normalized spacial score (nSPS) is 12.2. The molecule has 0 aromatic heterocycles. The highest BCUT2D eigenvalue weighted by Crippen LogP contribution is 1.93. The summed E-state index contributed by atoms with van der Waals surface area (Å²) in [4.78, 5) is 0. The minimum absolute atomic E-state index is 0.526. The van der Waals surface area contributed by atoms with Crippen molar-refractivity contribution >= 4 is 11.6 Å². The molecule has 58 valence electrons. The van der Waals surface area contributed by atoms with Gasteiger partial charge in [0.1, 0.15) is 5.16 Å². The molecule has 0 spiro atoms. The van der Waals surface area contributed by atoms with Crippen molar-refractivity contribution < 1.29 is 5.21 Å². The molecule has 4 heteroatoms. The lowest BCUT2D eigenvalue weighted by Gasteiger charge is -2.01. The van der Waals surface area contributed by atoms with Gasteiger partial charge in [0.05, 0.1) is 0 Å². The smallest absolute Gasteiger partial charge is 0.101 e. The SMILES string of the molecule is C/C=C(/Cl)N/C=C\N(C)O. The summed E-state index contributed by atoms with van der Waals surface area (Å²) in [6.07, 6.45) is 4.68. The molecule has 0 bridgehead atoms. The van der Waals surface area contributed by atoms with Crippen LogP contribution in [0.25, 0.3) is 0 Å². The fourth-order valence-corrected chi connectivity index (χ4v) is 0.371. The van der Waals surface area contributed by atoms with Crippen LogP contribution >= 0.6 is 11.6 Å². The molecule has 0 unspecified atom stereocenters. The Balaban J connectivity index is 3.54. The quantitative estimate of drug-likeness (QED) is 0.487. The molecule has 0 radical (unpaired) electrons. The first kappa shape index (κ1) is 9.33. The van der Waals surface area contributed by atoms with Crippen LogP contribution in [-0.2, 0) is 0 Å². The third-order valence-corrected chi connectivity index (χ3v) is 1.09. The summed E-state index contributed by atoms with van der Waals surface area (Å²) in [7, 11) is 1.50. The Kier molecular flexibility index (Phi) is 4.80. The van der Waals surface area contributed by atoms with Crippen molar-refractivity contribution in [2.75, 3.05) is 7.05 Å². The number of nitrogens with zero attached hydrogens (tertiary/aromatic N) is 1. The topological polar surface area (TPSA) is 35.5 Å². The third-order valence-electron chi connectivity index (χ3n) is 0.765. The maximum absolute atomic E-state index is 8.58. The minimum Gasteiger partial charge on any atom is -0.351 e. The van der Waals surface area contributed by atoms with Crippen LogP contribution in [-0.4, -0.2) is 17.3 Å². The van der Waals surface area contributed by atoms with Crippen molar-refractivity contribution in [1.29, 1.82) is 0 Å². The lowest BCUT2D eigenvalue weighted by Crippen LogP contribution is -2.06. The van der Waals surface area contributed by atoms with Crippen molar-refractivity contribution in [2.24, 2.45) is 0 Å². The van der Waals surface area contributed by atoms with Crippen LogP contribution in [0.1, 0.15) is 6.92 Å². The van der Waals surface area contributed by atoms with Gasteiger partial charge in [0.2, 0.25) is 0 Å². The van der Waals surface area contributed by atoms with Gasteiger partial charge in [0, 0.05) is 19.4 Å². The van der Waals surface area contributed by atoms with Crippen molar-refractivity contribution in [2.45, 2.75) is 6.92 Å². The van der Waals surface area contributed by atoms with Gasteiger partial charge in [-0.2, -0.15) is 0 Å². The predicted octanol–water partition coefficient (Wildman–Crippen LogP) is 1.47. The van der Waals surface area contributed by atoms with E-state index >= 15 is 0 Å². The fourth-order valence-electron chi connectivity index (χ4n) is 0.308. The maximum atomic E-state index is 8.58. The van der Waals surface area contributed by atoms with Gasteiger partial charge in [-0.1, -0.05) is 17.7 Å². The molecular formula is C6H11ClN2O. The fraction of sp³-hybridized carbons (Fsp3) is 0.333. The van der Waals surface area contributed by atoms with Crippen LogP contribution in [0.2, 0.25) is 0 Å². The molecule has 0 aliphatic carbocycles. The zero-order valence-electron chi connectivity index (χ0n) is 6.00. The number of allylic oxidation sites excluding steroid dienone is 1. The second-order valence-electron chi connectivity index (χ2n) is 1.67. The Morgan fingerprint density at radius 3 is 2.70 bits per heavy atom. The second kappa shape index (κ2) is 5.14. The van der Waals surface area contributed by atoms with Gasteiger partial charge < -0.3 is 5.32 Å². The van der Waals surface area contributed by atoms with Crippen LogP contribution in [0.3, 0.4) is 0 Å². The highest BCUT2D eigenvalue weighted by atomic mass is 35.5. The van der Waals surface area contributed by atoms with E-state index in [1.165, 1.54) is 19.4 Å². The number of halogens is 1. The summed E-state index contributed by atoms with van der Waals surface area (Å²) in [6, 6.07) is 0.